The fourth-order valence-corrected chi connectivity index (χ4v) is 3.71. The van der Waals surface area contributed by atoms with Crippen LogP contribution in [0.3, 0.4) is 0 Å². The maximum absolute atomic E-state index is 12.4. The normalized spacial score (nSPS) is 19.4. The lowest BCUT2D eigenvalue weighted by atomic mass is 9.69. The number of urea groups is 1. The Hall–Kier alpha value is -2.57. The third kappa shape index (κ3) is 6.25. The largest absolute Gasteiger partial charge is 0.468 e. The van der Waals surface area contributed by atoms with Crippen LogP contribution in [0.25, 0.3) is 0 Å². The van der Waals surface area contributed by atoms with E-state index < -0.39 is 5.97 Å². The van der Waals surface area contributed by atoms with Crippen LogP contribution in [0.2, 0.25) is 0 Å². The fraction of sp³-hybridized carbons (Fsp3) is 0.571. The standard InChI is InChI=1S/C21H31N3O4/c1-21(2,3)16-7-5-6-8-17(16)24-20(27)23-15-11-9-14(10-12-15)19(26)22-13-18(25)28-4/h9-12,16-17H,5-8,13H2,1-4H3,(H,22,26)(H2,23,24,27)/t16-,17+/m0/s1. The maximum atomic E-state index is 12.4. The Bertz CT molecular complexity index is 695. The van der Waals surface area contributed by atoms with Crippen molar-refractivity contribution >= 4 is 23.6 Å². The molecular formula is C21H31N3O4. The van der Waals surface area contributed by atoms with Gasteiger partial charge in [-0.25, -0.2) is 4.79 Å². The first kappa shape index (κ1) is 21.7. The van der Waals surface area contributed by atoms with Crippen molar-refractivity contribution in [2.45, 2.75) is 52.5 Å². The van der Waals surface area contributed by atoms with Gasteiger partial charge in [0, 0.05) is 17.3 Å². The summed E-state index contributed by atoms with van der Waals surface area (Å²) in [6.07, 6.45) is 4.46. The predicted octanol–water partition coefficient (Wildman–Crippen LogP) is 3.32. The summed E-state index contributed by atoms with van der Waals surface area (Å²) < 4.78 is 4.48. The zero-order valence-electron chi connectivity index (χ0n) is 17.1. The molecule has 154 valence electrons. The van der Waals surface area contributed by atoms with Crippen molar-refractivity contribution in [1.29, 1.82) is 0 Å². The minimum absolute atomic E-state index is 0.150. The molecule has 28 heavy (non-hydrogen) atoms. The van der Waals surface area contributed by atoms with Gasteiger partial charge in [-0.05, 0) is 48.4 Å². The number of nitrogens with one attached hydrogen (secondary N) is 3. The number of ether oxygens (including phenoxy) is 1. The van der Waals surface area contributed by atoms with Gasteiger partial charge < -0.3 is 20.7 Å². The minimum Gasteiger partial charge on any atom is -0.468 e. The third-order valence-corrected chi connectivity index (χ3v) is 5.22. The van der Waals surface area contributed by atoms with Crippen LogP contribution in [0.4, 0.5) is 10.5 Å². The molecule has 0 bridgehead atoms. The van der Waals surface area contributed by atoms with Gasteiger partial charge in [0.15, 0.2) is 0 Å². The van der Waals surface area contributed by atoms with Crippen molar-refractivity contribution in [1.82, 2.24) is 10.6 Å². The number of amides is 3. The molecule has 0 heterocycles. The van der Waals surface area contributed by atoms with Crippen LogP contribution in [0.1, 0.15) is 56.8 Å². The lowest BCUT2D eigenvalue weighted by molar-refractivity contribution is -0.139. The average molecular weight is 389 g/mol. The molecular weight excluding hydrogens is 358 g/mol. The van der Waals surface area contributed by atoms with Gasteiger partial charge in [-0.1, -0.05) is 33.6 Å². The zero-order chi connectivity index (χ0) is 20.7. The molecule has 0 saturated heterocycles. The molecule has 0 unspecified atom stereocenters. The van der Waals surface area contributed by atoms with E-state index in [2.05, 4.69) is 41.5 Å². The molecule has 7 heteroatoms. The van der Waals surface area contributed by atoms with Gasteiger partial charge in [-0.3, -0.25) is 9.59 Å². The Kier molecular flexibility index (Phi) is 7.43. The first-order valence-electron chi connectivity index (χ1n) is 9.73. The molecule has 1 saturated carbocycles. The highest BCUT2D eigenvalue weighted by molar-refractivity contribution is 5.97. The molecule has 7 nitrogen and oxygen atoms in total. The first-order valence-corrected chi connectivity index (χ1v) is 9.73. The van der Waals surface area contributed by atoms with Gasteiger partial charge in [-0.2, -0.15) is 0 Å². The van der Waals surface area contributed by atoms with Crippen molar-refractivity contribution in [2.75, 3.05) is 19.0 Å². The molecule has 0 spiro atoms. The summed E-state index contributed by atoms with van der Waals surface area (Å²) in [6.45, 7) is 6.48. The quantitative estimate of drug-likeness (QED) is 0.673. The van der Waals surface area contributed by atoms with E-state index in [0.29, 0.717) is 17.2 Å². The Morgan fingerprint density at radius 3 is 2.32 bits per heavy atom. The summed E-state index contributed by atoms with van der Waals surface area (Å²) >= 11 is 0. The van der Waals surface area contributed by atoms with E-state index in [9.17, 15) is 14.4 Å². The van der Waals surface area contributed by atoms with Crippen LogP contribution >= 0.6 is 0 Å². The van der Waals surface area contributed by atoms with Crippen LogP contribution in [-0.4, -0.2) is 37.6 Å². The number of hydrogen-bond donors (Lipinski definition) is 3. The van der Waals surface area contributed by atoms with Gasteiger partial charge in [0.25, 0.3) is 5.91 Å². The number of carbonyl (C=O) groups excluding carboxylic acids is 3. The zero-order valence-corrected chi connectivity index (χ0v) is 17.1. The topological polar surface area (TPSA) is 96.5 Å². The molecule has 0 radical (unpaired) electrons. The summed E-state index contributed by atoms with van der Waals surface area (Å²) in [5.41, 5.74) is 1.15. The Morgan fingerprint density at radius 1 is 1.07 bits per heavy atom. The third-order valence-electron chi connectivity index (χ3n) is 5.22. The maximum Gasteiger partial charge on any atom is 0.325 e. The van der Waals surface area contributed by atoms with Crippen LogP contribution in [-0.2, 0) is 9.53 Å². The molecule has 1 aromatic rings. The summed E-state index contributed by atoms with van der Waals surface area (Å²) in [6, 6.07) is 6.45. The molecule has 3 amide bonds. The van der Waals surface area contributed by atoms with Crippen molar-refractivity contribution < 1.29 is 19.1 Å². The van der Waals surface area contributed by atoms with Gasteiger partial charge in [0.05, 0.1) is 7.11 Å². The van der Waals surface area contributed by atoms with Crippen LogP contribution in [0, 0.1) is 11.3 Å². The predicted molar refractivity (Wildman–Crippen MR) is 108 cm³/mol. The van der Waals surface area contributed by atoms with Crippen molar-refractivity contribution in [2.24, 2.45) is 11.3 Å². The minimum atomic E-state index is -0.514. The van der Waals surface area contributed by atoms with Gasteiger partial charge in [0.1, 0.15) is 6.54 Å². The highest BCUT2D eigenvalue weighted by atomic mass is 16.5. The Labute approximate surface area is 166 Å². The fourth-order valence-electron chi connectivity index (χ4n) is 3.71. The number of anilines is 1. The number of methoxy groups -OCH3 is 1. The SMILES string of the molecule is COC(=O)CNC(=O)c1ccc(NC(=O)N[C@@H]2CCCC[C@@H]2C(C)(C)C)cc1. The second-order valence-electron chi connectivity index (χ2n) is 8.30. The molecule has 0 aromatic heterocycles. The number of rotatable bonds is 5. The van der Waals surface area contributed by atoms with E-state index in [1.54, 1.807) is 24.3 Å². The number of benzene rings is 1. The smallest absolute Gasteiger partial charge is 0.325 e. The van der Waals surface area contributed by atoms with Crippen molar-refractivity contribution in [3.8, 4) is 0 Å². The number of esters is 1. The summed E-state index contributed by atoms with van der Waals surface area (Å²) in [5, 5.41) is 8.42. The summed E-state index contributed by atoms with van der Waals surface area (Å²) in [5.74, 6) is -0.441. The first-order chi connectivity index (χ1) is 13.2. The second-order valence-corrected chi connectivity index (χ2v) is 8.30. The van der Waals surface area contributed by atoms with Gasteiger partial charge in [0.2, 0.25) is 0 Å². The van der Waals surface area contributed by atoms with E-state index in [1.165, 1.54) is 13.5 Å². The van der Waals surface area contributed by atoms with Crippen molar-refractivity contribution in [3.05, 3.63) is 29.8 Å². The van der Waals surface area contributed by atoms with E-state index >= 15 is 0 Å². The highest BCUT2D eigenvalue weighted by Gasteiger charge is 2.34. The van der Waals surface area contributed by atoms with Crippen LogP contribution < -0.4 is 16.0 Å². The molecule has 3 N–H and O–H groups in total. The van der Waals surface area contributed by atoms with Crippen LogP contribution in [0.15, 0.2) is 24.3 Å². The van der Waals surface area contributed by atoms with Crippen LogP contribution in [0.5, 0.6) is 0 Å². The van der Waals surface area contributed by atoms with E-state index in [-0.39, 0.29) is 29.9 Å². The molecule has 1 aromatic carbocycles. The molecule has 2 atom stereocenters. The molecule has 1 fully saturated rings. The van der Waals surface area contributed by atoms with E-state index in [4.69, 9.17) is 0 Å². The Balaban J connectivity index is 1.90. The molecule has 1 aliphatic carbocycles. The number of carbonyl (C=O) groups is 3. The summed E-state index contributed by atoms with van der Waals surface area (Å²) in [4.78, 5) is 35.5. The van der Waals surface area contributed by atoms with Gasteiger partial charge >= 0.3 is 12.0 Å². The summed E-state index contributed by atoms with van der Waals surface area (Å²) in [7, 11) is 1.26. The highest BCUT2D eigenvalue weighted by Crippen LogP contribution is 2.38. The van der Waals surface area contributed by atoms with Gasteiger partial charge in [-0.15, -0.1) is 0 Å². The monoisotopic (exact) mass is 389 g/mol. The van der Waals surface area contributed by atoms with E-state index in [1.807, 2.05) is 0 Å². The van der Waals surface area contributed by atoms with Crippen molar-refractivity contribution in [3.63, 3.8) is 0 Å². The average Bonchev–Trinajstić information content (AvgIpc) is 2.65. The molecule has 1 aliphatic rings. The molecule has 0 aliphatic heterocycles. The lowest BCUT2D eigenvalue weighted by Gasteiger charge is -2.40. The Morgan fingerprint density at radius 2 is 1.71 bits per heavy atom. The van der Waals surface area contributed by atoms with E-state index in [0.717, 1.165) is 19.3 Å². The molecule has 2 rings (SSSR count). The lowest BCUT2D eigenvalue weighted by Crippen LogP contribution is -2.48. The number of hydrogen-bond acceptors (Lipinski definition) is 4. The second kappa shape index (κ2) is 9.57.